The van der Waals surface area contributed by atoms with E-state index in [4.69, 9.17) is 15.0 Å². The fourth-order valence-corrected chi connectivity index (χ4v) is 3.86. The van der Waals surface area contributed by atoms with Gasteiger partial charge in [-0.25, -0.2) is 4.39 Å². The van der Waals surface area contributed by atoms with Crippen LogP contribution in [0.5, 0.6) is 0 Å². The first kappa shape index (κ1) is 22.9. The molecule has 0 bridgehead atoms. The molecule has 1 atom stereocenters. The van der Waals surface area contributed by atoms with E-state index in [0.29, 0.717) is 23.7 Å². The van der Waals surface area contributed by atoms with Crippen molar-refractivity contribution >= 4 is 11.8 Å². The zero-order valence-corrected chi connectivity index (χ0v) is 18.8. The lowest BCUT2D eigenvalue weighted by Gasteiger charge is -2.26. The third kappa shape index (κ3) is 6.18. The standard InChI is InChI=1S/C25H30FN5O2/c1-18(20-8-9-21(22(26)16-20)19-6-3-2-4-7-19)23-17-24(33-30-23)29-25(27)28-10-5-11-31-12-14-32-15-13-31/h2-4,6-9,16-18H,5,10-15H2,1H3,(H3,27,28,29). The Bertz CT molecular complexity index is 1060. The normalized spacial score (nSPS) is 16.0. The van der Waals surface area contributed by atoms with Crippen LogP contribution in [0.4, 0.5) is 10.3 Å². The highest BCUT2D eigenvalue weighted by atomic mass is 19.1. The van der Waals surface area contributed by atoms with Gasteiger partial charge in [-0.1, -0.05) is 54.5 Å². The lowest BCUT2D eigenvalue weighted by atomic mass is 9.95. The number of nitrogens with zero attached hydrogens (tertiary/aromatic N) is 3. The quantitative estimate of drug-likeness (QED) is 0.305. The summed E-state index contributed by atoms with van der Waals surface area (Å²) < 4.78 is 25.5. The Labute approximate surface area is 193 Å². The van der Waals surface area contributed by atoms with Gasteiger partial charge in [-0.3, -0.25) is 15.2 Å². The number of benzene rings is 2. The Morgan fingerprint density at radius 3 is 2.73 bits per heavy atom. The van der Waals surface area contributed by atoms with Gasteiger partial charge in [0.1, 0.15) is 5.82 Å². The molecule has 0 radical (unpaired) electrons. The minimum absolute atomic E-state index is 0.143. The molecule has 2 heterocycles. The van der Waals surface area contributed by atoms with Gasteiger partial charge in [-0.15, -0.1) is 0 Å². The SMILES string of the molecule is CC(c1ccc(-c2ccccc2)c(F)c1)c1cc(NC(N)=NCCCN2CCOCC2)on1. The summed E-state index contributed by atoms with van der Waals surface area (Å²) >= 11 is 0. The van der Waals surface area contributed by atoms with Crippen LogP contribution in [0.3, 0.4) is 0 Å². The first-order valence-corrected chi connectivity index (χ1v) is 11.3. The van der Waals surface area contributed by atoms with Gasteiger partial charge in [0.25, 0.3) is 0 Å². The van der Waals surface area contributed by atoms with Crippen LogP contribution in [-0.4, -0.2) is 55.4 Å². The van der Waals surface area contributed by atoms with Crippen LogP contribution in [0, 0.1) is 5.82 Å². The van der Waals surface area contributed by atoms with E-state index in [9.17, 15) is 4.39 Å². The molecule has 0 spiro atoms. The van der Waals surface area contributed by atoms with Gasteiger partial charge in [0.15, 0.2) is 5.96 Å². The molecule has 1 aliphatic heterocycles. The van der Waals surface area contributed by atoms with Crippen molar-refractivity contribution in [3.63, 3.8) is 0 Å². The second kappa shape index (κ2) is 11.1. The van der Waals surface area contributed by atoms with E-state index in [2.05, 4.69) is 20.4 Å². The van der Waals surface area contributed by atoms with Crippen molar-refractivity contribution in [2.24, 2.45) is 10.7 Å². The molecule has 33 heavy (non-hydrogen) atoms. The minimum Gasteiger partial charge on any atom is -0.379 e. The number of rotatable bonds is 8. The van der Waals surface area contributed by atoms with Crippen molar-refractivity contribution in [2.75, 3.05) is 44.7 Å². The number of aliphatic imine (C=N–C) groups is 1. The Balaban J connectivity index is 1.32. The molecule has 7 nitrogen and oxygen atoms in total. The van der Waals surface area contributed by atoms with Crippen LogP contribution in [0.25, 0.3) is 11.1 Å². The van der Waals surface area contributed by atoms with Gasteiger partial charge < -0.3 is 15.0 Å². The maximum Gasteiger partial charge on any atom is 0.231 e. The summed E-state index contributed by atoms with van der Waals surface area (Å²) in [6.45, 7) is 7.09. The summed E-state index contributed by atoms with van der Waals surface area (Å²) in [5.41, 5.74) is 8.91. The molecule has 1 aromatic heterocycles. The van der Waals surface area contributed by atoms with Crippen LogP contribution < -0.4 is 11.1 Å². The van der Waals surface area contributed by atoms with E-state index in [1.54, 1.807) is 18.2 Å². The number of guanidine groups is 1. The summed E-state index contributed by atoms with van der Waals surface area (Å²) in [5, 5.41) is 7.06. The van der Waals surface area contributed by atoms with E-state index < -0.39 is 0 Å². The molecule has 1 saturated heterocycles. The van der Waals surface area contributed by atoms with Crippen molar-refractivity contribution in [3.8, 4) is 11.1 Å². The summed E-state index contributed by atoms with van der Waals surface area (Å²) in [6, 6.07) is 16.5. The topological polar surface area (TPSA) is 88.9 Å². The number of halogens is 1. The number of hydrogen-bond acceptors (Lipinski definition) is 5. The second-order valence-corrected chi connectivity index (χ2v) is 8.14. The largest absolute Gasteiger partial charge is 0.379 e. The summed E-state index contributed by atoms with van der Waals surface area (Å²) in [4.78, 5) is 6.72. The molecule has 174 valence electrons. The van der Waals surface area contributed by atoms with Crippen molar-refractivity contribution in [1.29, 1.82) is 0 Å². The smallest absolute Gasteiger partial charge is 0.231 e. The Kier molecular flexibility index (Phi) is 7.70. The number of anilines is 1. The van der Waals surface area contributed by atoms with E-state index in [1.165, 1.54) is 0 Å². The third-order valence-corrected chi connectivity index (χ3v) is 5.82. The van der Waals surface area contributed by atoms with Gasteiger partial charge in [0.05, 0.1) is 18.9 Å². The zero-order chi connectivity index (χ0) is 23.0. The number of nitrogens with two attached hydrogens (primary N) is 1. The number of aromatic nitrogens is 1. The van der Waals surface area contributed by atoms with E-state index in [0.717, 1.165) is 50.4 Å². The maximum absolute atomic E-state index is 14.8. The van der Waals surface area contributed by atoms with E-state index >= 15 is 0 Å². The van der Waals surface area contributed by atoms with Gasteiger partial charge in [-0.2, -0.15) is 0 Å². The minimum atomic E-state index is -0.263. The van der Waals surface area contributed by atoms with Crippen LogP contribution in [0.15, 0.2) is 64.1 Å². The summed E-state index contributed by atoms with van der Waals surface area (Å²) in [7, 11) is 0. The maximum atomic E-state index is 14.8. The lowest BCUT2D eigenvalue weighted by molar-refractivity contribution is 0.0377. The molecule has 1 unspecified atom stereocenters. The molecule has 4 rings (SSSR count). The predicted octanol–water partition coefficient (Wildman–Crippen LogP) is 4.08. The summed E-state index contributed by atoms with van der Waals surface area (Å²) in [6.07, 6.45) is 0.922. The highest BCUT2D eigenvalue weighted by Gasteiger charge is 2.17. The molecule has 8 heteroatoms. The Morgan fingerprint density at radius 2 is 1.97 bits per heavy atom. The fraction of sp³-hybridized carbons (Fsp3) is 0.360. The molecule has 0 saturated carbocycles. The molecular formula is C25H30FN5O2. The molecule has 3 N–H and O–H groups in total. The average Bonchev–Trinajstić information content (AvgIpc) is 3.31. The molecule has 3 aromatic rings. The van der Waals surface area contributed by atoms with Gasteiger partial charge in [-0.05, 0) is 23.6 Å². The zero-order valence-electron chi connectivity index (χ0n) is 18.8. The molecule has 1 aliphatic rings. The van der Waals surface area contributed by atoms with Crippen molar-refractivity contribution < 1.29 is 13.7 Å². The van der Waals surface area contributed by atoms with Crippen LogP contribution >= 0.6 is 0 Å². The molecule has 0 amide bonds. The van der Waals surface area contributed by atoms with Gasteiger partial charge >= 0.3 is 0 Å². The monoisotopic (exact) mass is 451 g/mol. The Morgan fingerprint density at radius 1 is 1.18 bits per heavy atom. The number of hydrogen-bond donors (Lipinski definition) is 2. The van der Waals surface area contributed by atoms with Gasteiger partial charge in [0, 0.05) is 43.7 Å². The van der Waals surface area contributed by atoms with Crippen LogP contribution in [-0.2, 0) is 4.74 Å². The predicted molar refractivity (Wildman–Crippen MR) is 128 cm³/mol. The van der Waals surface area contributed by atoms with Crippen molar-refractivity contribution in [1.82, 2.24) is 10.1 Å². The third-order valence-electron chi connectivity index (χ3n) is 5.82. The second-order valence-electron chi connectivity index (χ2n) is 8.14. The highest BCUT2D eigenvalue weighted by Crippen LogP contribution is 2.30. The first-order valence-electron chi connectivity index (χ1n) is 11.3. The van der Waals surface area contributed by atoms with E-state index in [-0.39, 0.29) is 17.7 Å². The first-order chi connectivity index (χ1) is 16.1. The average molecular weight is 452 g/mol. The number of nitrogens with one attached hydrogen (secondary N) is 1. The molecule has 2 aromatic carbocycles. The van der Waals surface area contributed by atoms with E-state index in [1.807, 2.05) is 43.3 Å². The highest BCUT2D eigenvalue weighted by molar-refractivity contribution is 5.90. The molecular weight excluding hydrogens is 421 g/mol. The van der Waals surface area contributed by atoms with Crippen LogP contribution in [0.2, 0.25) is 0 Å². The van der Waals surface area contributed by atoms with Crippen molar-refractivity contribution in [3.05, 3.63) is 71.7 Å². The van der Waals surface area contributed by atoms with Crippen molar-refractivity contribution in [2.45, 2.75) is 19.3 Å². The number of morpholine rings is 1. The summed E-state index contributed by atoms with van der Waals surface area (Å²) in [5.74, 6) is 0.286. The van der Waals surface area contributed by atoms with Crippen LogP contribution in [0.1, 0.15) is 30.5 Å². The molecule has 0 aliphatic carbocycles. The fourth-order valence-electron chi connectivity index (χ4n) is 3.86. The Hall–Kier alpha value is -3.23. The number of ether oxygens (including phenoxy) is 1. The lowest BCUT2D eigenvalue weighted by Crippen LogP contribution is -2.37. The van der Waals surface area contributed by atoms with Gasteiger partial charge in [0.2, 0.25) is 5.88 Å². The molecule has 1 fully saturated rings.